The molecule has 0 aliphatic heterocycles. The summed E-state index contributed by atoms with van der Waals surface area (Å²) in [5.41, 5.74) is 13.3. The van der Waals surface area contributed by atoms with E-state index in [1.807, 2.05) is 66.7 Å². The van der Waals surface area contributed by atoms with Crippen LogP contribution in [0.25, 0.3) is 17.8 Å². The molecular formula is C19H17N5O2. The molecule has 0 aliphatic rings. The number of primary amides is 2. The predicted molar refractivity (Wildman–Crippen MR) is 101 cm³/mol. The summed E-state index contributed by atoms with van der Waals surface area (Å²) in [6.45, 7) is 0. The second-order valence-corrected chi connectivity index (χ2v) is 5.53. The summed E-state index contributed by atoms with van der Waals surface area (Å²) in [6, 6.07) is 16.7. The largest absolute Gasteiger partial charge is 0.364 e. The summed E-state index contributed by atoms with van der Waals surface area (Å²) in [7, 11) is 0. The number of hydrogen-bond donors (Lipinski definition) is 3. The van der Waals surface area contributed by atoms with E-state index < -0.39 is 11.9 Å². The molecule has 0 bridgehead atoms. The summed E-state index contributed by atoms with van der Waals surface area (Å²) in [6.07, 6.45) is 5.46. The number of urea groups is 1. The molecule has 0 atom stereocenters. The molecule has 0 unspecified atom stereocenters. The fraction of sp³-hybridized carbons (Fsp3) is 0. The lowest BCUT2D eigenvalue weighted by Crippen LogP contribution is -2.22. The summed E-state index contributed by atoms with van der Waals surface area (Å²) in [4.78, 5) is 22.6. The van der Waals surface area contributed by atoms with E-state index in [-0.39, 0.29) is 11.4 Å². The highest BCUT2D eigenvalue weighted by molar-refractivity contribution is 6.00. The van der Waals surface area contributed by atoms with Crippen LogP contribution in [0, 0.1) is 0 Å². The summed E-state index contributed by atoms with van der Waals surface area (Å²) in [5, 5.41) is 6.49. The number of rotatable bonds is 5. The molecule has 26 heavy (non-hydrogen) atoms. The second kappa shape index (κ2) is 7.35. The number of hydrogen-bond acceptors (Lipinski definition) is 3. The molecule has 0 aliphatic carbocycles. The second-order valence-electron chi connectivity index (χ2n) is 5.53. The van der Waals surface area contributed by atoms with Crippen LogP contribution in [0.15, 0.2) is 60.8 Å². The van der Waals surface area contributed by atoms with Crippen molar-refractivity contribution in [2.45, 2.75) is 0 Å². The van der Waals surface area contributed by atoms with E-state index in [0.29, 0.717) is 5.69 Å². The molecular weight excluding hydrogens is 330 g/mol. The molecule has 130 valence electrons. The van der Waals surface area contributed by atoms with Gasteiger partial charge in [-0.2, -0.15) is 5.10 Å². The van der Waals surface area contributed by atoms with Crippen molar-refractivity contribution in [3.8, 4) is 5.69 Å². The Morgan fingerprint density at radius 2 is 1.65 bits per heavy atom. The standard InChI is InChI=1S/C19H17N5O2/c20-18(25)17-16(22-19(21)26)12-24(23-17)15-8-4-7-14(11-15)10-9-13-5-2-1-3-6-13/h1-12H,(H2,20,25)(H3,21,22,26)/b10-9+. The molecule has 0 saturated heterocycles. The van der Waals surface area contributed by atoms with Gasteiger partial charge in [-0.05, 0) is 23.3 Å². The molecule has 0 radical (unpaired) electrons. The molecule has 7 heteroatoms. The number of nitrogens with two attached hydrogens (primary N) is 2. The lowest BCUT2D eigenvalue weighted by atomic mass is 10.1. The van der Waals surface area contributed by atoms with Gasteiger partial charge in [0.25, 0.3) is 5.91 Å². The molecule has 1 heterocycles. The quantitative estimate of drug-likeness (QED) is 0.616. The Kier molecular flexibility index (Phi) is 4.80. The van der Waals surface area contributed by atoms with Gasteiger partial charge in [-0.25, -0.2) is 9.48 Å². The Balaban J connectivity index is 1.91. The van der Waals surface area contributed by atoms with Crippen molar-refractivity contribution in [2.75, 3.05) is 5.32 Å². The lowest BCUT2D eigenvalue weighted by molar-refractivity contribution is 0.0996. The van der Waals surface area contributed by atoms with Gasteiger partial charge >= 0.3 is 6.03 Å². The van der Waals surface area contributed by atoms with Crippen molar-refractivity contribution in [3.63, 3.8) is 0 Å². The van der Waals surface area contributed by atoms with Crippen molar-refractivity contribution < 1.29 is 9.59 Å². The zero-order valence-corrected chi connectivity index (χ0v) is 13.8. The van der Waals surface area contributed by atoms with E-state index in [1.54, 1.807) is 0 Å². The van der Waals surface area contributed by atoms with E-state index in [2.05, 4.69) is 10.4 Å². The maximum absolute atomic E-state index is 11.5. The van der Waals surface area contributed by atoms with Crippen LogP contribution in [-0.4, -0.2) is 21.7 Å². The number of nitrogens with one attached hydrogen (secondary N) is 1. The molecule has 0 saturated carbocycles. The average molecular weight is 347 g/mol. The number of amides is 3. The monoisotopic (exact) mass is 347 g/mol. The van der Waals surface area contributed by atoms with E-state index in [0.717, 1.165) is 11.1 Å². The van der Waals surface area contributed by atoms with Crippen LogP contribution >= 0.6 is 0 Å². The summed E-state index contributed by atoms with van der Waals surface area (Å²) in [5.74, 6) is -0.757. The third-order valence-electron chi connectivity index (χ3n) is 3.61. The topological polar surface area (TPSA) is 116 Å². The van der Waals surface area contributed by atoms with Gasteiger partial charge < -0.3 is 16.8 Å². The van der Waals surface area contributed by atoms with Gasteiger partial charge in [0.05, 0.1) is 17.6 Å². The third-order valence-corrected chi connectivity index (χ3v) is 3.61. The predicted octanol–water partition coefficient (Wildman–Crippen LogP) is 2.63. The molecule has 3 aromatic rings. The molecule has 0 fully saturated rings. The number of nitrogens with zero attached hydrogens (tertiary/aromatic N) is 2. The van der Waals surface area contributed by atoms with Crippen LogP contribution in [0.4, 0.5) is 10.5 Å². The summed E-state index contributed by atoms with van der Waals surface area (Å²) >= 11 is 0. The number of anilines is 1. The molecule has 0 spiro atoms. The average Bonchev–Trinajstić information content (AvgIpc) is 3.04. The highest BCUT2D eigenvalue weighted by Gasteiger charge is 2.16. The van der Waals surface area contributed by atoms with Crippen molar-refractivity contribution in [1.82, 2.24) is 9.78 Å². The van der Waals surface area contributed by atoms with Gasteiger partial charge in [0, 0.05) is 0 Å². The van der Waals surface area contributed by atoms with Gasteiger partial charge in [-0.3, -0.25) is 4.79 Å². The highest BCUT2D eigenvalue weighted by Crippen LogP contribution is 2.19. The molecule has 2 aromatic carbocycles. The van der Waals surface area contributed by atoms with Crippen LogP contribution in [0.1, 0.15) is 21.6 Å². The van der Waals surface area contributed by atoms with Crippen LogP contribution in [0.2, 0.25) is 0 Å². The van der Waals surface area contributed by atoms with Crippen LogP contribution in [-0.2, 0) is 0 Å². The third kappa shape index (κ3) is 3.96. The van der Waals surface area contributed by atoms with E-state index in [1.165, 1.54) is 10.9 Å². The van der Waals surface area contributed by atoms with Gasteiger partial charge in [-0.15, -0.1) is 0 Å². The fourth-order valence-electron chi connectivity index (χ4n) is 2.44. The zero-order chi connectivity index (χ0) is 18.5. The Labute approximate surface area is 149 Å². The SMILES string of the molecule is NC(=O)Nc1cn(-c2cccc(/C=C/c3ccccc3)c2)nc1C(N)=O. The van der Waals surface area contributed by atoms with Crippen molar-refractivity contribution in [2.24, 2.45) is 11.5 Å². The number of carbonyl (C=O) groups is 2. The smallest absolute Gasteiger partial charge is 0.316 e. The van der Waals surface area contributed by atoms with Gasteiger partial charge in [0.2, 0.25) is 0 Å². The highest BCUT2D eigenvalue weighted by atomic mass is 16.2. The Morgan fingerprint density at radius 3 is 2.35 bits per heavy atom. The minimum atomic E-state index is -0.799. The first-order valence-electron chi connectivity index (χ1n) is 7.82. The molecule has 3 rings (SSSR count). The molecule has 3 amide bonds. The first-order valence-corrected chi connectivity index (χ1v) is 7.82. The molecule has 7 nitrogen and oxygen atoms in total. The van der Waals surface area contributed by atoms with E-state index >= 15 is 0 Å². The Hall–Kier alpha value is -3.87. The maximum Gasteiger partial charge on any atom is 0.316 e. The van der Waals surface area contributed by atoms with E-state index in [9.17, 15) is 9.59 Å². The molecule has 5 N–H and O–H groups in total. The van der Waals surface area contributed by atoms with Gasteiger partial charge in [-0.1, -0.05) is 54.6 Å². The van der Waals surface area contributed by atoms with Crippen LogP contribution in [0.3, 0.4) is 0 Å². The maximum atomic E-state index is 11.5. The first kappa shape index (κ1) is 17.0. The lowest BCUT2D eigenvalue weighted by Gasteiger charge is -2.02. The Bertz CT molecular complexity index is 977. The normalized spacial score (nSPS) is 10.8. The minimum absolute atomic E-state index is 0.0611. The Morgan fingerprint density at radius 1 is 0.962 bits per heavy atom. The number of carbonyl (C=O) groups excluding carboxylic acids is 2. The van der Waals surface area contributed by atoms with Crippen LogP contribution < -0.4 is 16.8 Å². The van der Waals surface area contributed by atoms with E-state index in [4.69, 9.17) is 11.5 Å². The van der Waals surface area contributed by atoms with Gasteiger partial charge in [0.1, 0.15) is 0 Å². The molecule has 1 aromatic heterocycles. The van der Waals surface area contributed by atoms with Crippen molar-refractivity contribution in [3.05, 3.63) is 77.6 Å². The fourth-order valence-corrected chi connectivity index (χ4v) is 2.44. The zero-order valence-electron chi connectivity index (χ0n) is 13.8. The minimum Gasteiger partial charge on any atom is -0.364 e. The first-order chi connectivity index (χ1) is 12.5. The van der Waals surface area contributed by atoms with Crippen molar-refractivity contribution in [1.29, 1.82) is 0 Å². The van der Waals surface area contributed by atoms with Crippen molar-refractivity contribution >= 4 is 29.8 Å². The van der Waals surface area contributed by atoms with Crippen LogP contribution in [0.5, 0.6) is 0 Å². The number of aromatic nitrogens is 2. The van der Waals surface area contributed by atoms with Gasteiger partial charge in [0.15, 0.2) is 5.69 Å². The number of benzene rings is 2. The summed E-state index contributed by atoms with van der Waals surface area (Å²) < 4.78 is 1.46.